The number of aromatic hydroxyl groups is 2. The molecule has 0 heterocycles. The number of benzene rings is 2. The number of halogens is 1. The summed E-state index contributed by atoms with van der Waals surface area (Å²) in [5.41, 5.74) is 3.82. The van der Waals surface area contributed by atoms with Gasteiger partial charge in [-0.05, 0) is 42.7 Å². The van der Waals surface area contributed by atoms with Gasteiger partial charge in [-0.2, -0.15) is 5.10 Å². The SMILES string of the molecule is C[C@@H]1C/C(=N\NC(=O)c2cccc(O)c2)c2c(O)ccc(F)c21. The number of carbonyl (C=O) groups is 1. The molecule has 118 valence electrons. The predicted octanol–water partition coefficient (Wildman–Crippen LogP) is 2.88. The molecule has 3 N–H and O–H groups in total. The van der Waals surface area contributed by atoms with Crippen LogP contribution in [0.25, 0.3) is 0 Å². The number of nitrogens with one attached hydrogen (secondary N) is 1. The molecule has 0 saturated heterocycles. The first-order chi connectivity index (χ1) is 11.0. The molecule has 0 fully saturated rings. The summed E-state index contributed by atoms with van der Waals surface area (Å²) in [6.45, 7) is 1.83. The Morgan fingerprint density at radius 1 is 1.30 bits per heavy atom. The predicted molar refractivity (Wildman–Crippen MR) is 83.2 cm³/mol. The number of nitrogens with zero attached hydrogens (tertiary/aromatic N) is 1. The Morgan fingerprint density at radius 3 is 2.83 bits per heavy atom. The molecule has 5 nitrogen and oxygen atoms in total. The van der Waals surface area contributed by atoms with E-state index < -0.39 is 11.7 Å². The van der Waals surface area contributed by atoms with E-state index in [4.69, 9.17) is 0 Å². The zero-order chi connectivity index (χ0) is 16.6. The maximum Gasteiger partial charge on any atom is 0.271 e. The van der Waals surface area contributed by atoms with Crippen molar-refractivity contribution in [2.24, 2.45) is 5.10 Å². The number of hydrogen-bond donors (Lipinski definition) is 3. The molecule has 0 radical (unpaired) electrons. The Hall–Kier alpha value is -2.89. The first-order valence-corrected chi connectivity index (χ1v) is 7.15. The van der Waals surface area contributed by atoms with E-state index in [1.807, 2.05) is 6.92 Å². The van der Waals surface area contributed by atoms with Crippen LogP contribution in [0.2, 0.25) is 0 Å². The van der Waals surface area contributed by atoms with Gasteiger partial charge in [-0.3, -0.25) is 4.79 Å². The largest absolute Gasteiger partial charge is 0.508 e. The van der Waals surface area contributed by atoms with Crippen LogP contribution in [-0.4, -0.2) is 21.8 Å². The van der Waals surface area contributed by atoms with Crippen LogP contribution < -0.4 is 5.43 Å². The molecule has 6 heteroatoms. The molecule has 1 aliphatic carbocycles. The van der Waals surface area contributed by atoms with Gasteiger partial charge >= 0.3 is 0 Å². The highest BCUT2D eigenvalue weighted by molar-refractivity contribution is 6.08. The fraction of sp³-hybridized carbons (Fsp3) is 0.176. The summed E-state index contributed by atoms with van der Waals surface area (Å²) in [6.07, 6.45) is 0.421. The van der Waals surface area contributed by atoms with E-state index in [1.54, 1.807) is 6.07 Å². The van der Waals surface area contributed by atoms with Gasteiger partial charge in [0.2, 0.25) is 0 Å². The van der Waals surface area contributed by atoms with E-state index in [0.717, 1.165) is 0 Å². The molecule has 1 amide bonds. The van der Waals surface area contributed by atoms with Gasteiger partial charge in [-0.25, -0.2) is 9.82 Å². The third kappa shape index (κ3) is 2.75. The molecule has 1 aliphatic rings. The second kappa shape index (κ2) is 5.72. The molecular formula is C17H15FN2O3. The molecular weight excluding hydrogens is 299 g/mol. The first-order valence-electron chi connectivity index (χ1n) is 7.15. The zero-order valence-corrected chi connectivity index (χ0v) is 12.4. The van der Waals surface area contributed by atoms with Gasteiger partial charge in [0, 0.05) is 16.7 Å². The number of hydrazone groups is 1. The van der Waals surface area contributed by atoms with Crippen molar-refractivity contribution in [3.05, 3.63) is 58.9 Å². The zero-order valence-electron chi connectivity index (χ0n) is 12.4. The number of carbonyl (C=O) groups excluding carboxylic acids is 1. The van der Waals surface area contributed by atoms with Crippen LogP contribution in [0.3, 0.4) is 0 Å². The van der Waals surface area contributed by atoms with Crippen molar-refractivity contribution in [3.63, 3.8) is 0 Å². The van der Waals surface area contributed by atoms with Crippen molar-refractivity contribution in [1.82, 2.24) is 5.43 Å². The highest BCUT2D eigenvalue weighted by Gasteiger charge is 2.30. The second-order valence-corrected chi connectivity index (χ2v) is 5.51. The number of phenolic OH excluding ortho intramolecular Hbond substituents is 2. The van der Waals surface area contributed by atoms with Gasteiger partial charge in [0.25, 0.3) is 5.91 Å². The number of amides is 1. The fourth-order valence-electron chi connectivity index (χ4n) is 2.79. The normalized spacial score (nSPS) is 18.0. The van der Waals surface area contributed by atoms with Crippen LogP contribution in [0.4, 0.5) is 4.39 Å². The minimum Gasteiger partial charge on any atom is -0.508 e. The summed E-state index contributed by atoms with van der Waals surface area (Å²) in [4.78, 5) is 12.0. The van der Waals surface area contributed by atoms with Crippen molar-refractivity contribution in [3.8, 4) is 11.5 Å². The van der Waals surface area contributed by atoms with E-state index in [-0.39, 0.29) is 23.0 Å². The van der Waals surface area contributed by atoms with Crippen LogP contribution in [0.15, 0.2) is 41.5 Å². The molecule has 3 rings (SSSR count). The standard InChI is InChI=1S/C17H15FN2O3/c1-9-7-13(16-14(22)6-5-12(18)15(9)16)19-20-17(23)10-3-2-4-11(21)8-10/h2-6,8-9,21-22H,7H2,1H3,(H,20,23)/b19-13+/t9-/m1/s1. The van der Waals surface area contributed by atoms with Gasteiger partial charge in [0.15, 0.2) is 0 Å². The highest BCUT2D eigenvalue weighted by atomic mass is 19.1. The summed E-state index contributed by atoms with van der Waals surface area (Å²) in [7, 11) is 0. The maximum absolute atomic E-state index is 13.9. The lowest BCUT2D eigenvalue weighted by molar-refractivity contribution is 0.0954. The fourth-order valence-corrected chi connectivity index (χ4v) is 2.79. The van der Waals surface area contributed by atoms with Gasteiger partial charge in [-0.15, -0.1) is 0 Å². The summed E-state index contributed by atoms with van der Waals surface area (Å²) >= 11 is 0. The van der Waals surface area contributed by atoms with Crippen molar-refractivity contribution in [2.45, 2.75) is 19.3 Å². The average Bonchev–Trinajstić information content (AvgIpc) is 2.86. The molecule has 2 aromatic carbocycles. The lowest BCUT2D eigenvalue weighted by Gasteiger charge is -2.06. The molecule has 0 aliphatic heterocycles. The molecule has 0 saturated carbocycles. The van der Waals surface area contributed by atoms with Crippen LogP contribution in [0.5, 0.6) is 11.5 Å². The van der Waals surface area contributed by atoms with E-state index in [1.165, 1.54) is 30.3 Å². The lowest BCUT2D eigenvalue weighted by atomic mass is 10.0. The Balaban J connectivity index is 1.89. The van der Waals surface area contributed by atoms with Crippen molar-refractivity contribution in [2.75, 3.05) is 0 Å². The van der Waals surface area contributed by atoms with E-state index in [9.17, 15) is 19.4 Å². The van der Waals surface area contributed by atoms with Crippen LogP contribution >= 0.6 is 0 Å². The third-order valence-corrected chi connectivity index (χ3v) is 3.85. The molecule has 0 unspecified atom stereocenters. The quantitative estimate of drug-likeness (QED) is 0.745. The second-order valence-electron chi connectivity index (χ2n) is 5.51. The molecule has 0 aromatic heterocycles. The van der Waals surface area contributed by atoms with Crippen LogP contribution in [0.1, 0.15) is 40.7 Å². The monoisotopic (exact) mass is 314 g/mol. The first kappa shape index (κ1) is 15.0. The van der Waals surface area contributed by atoms with Crippen molar-refractivity contribution < 1.29 is 19.4 Å². The number of fused-ring (bicyclic) bond motifs is 1. The van der Waals surface area contributed by atoms with Crippen LogP contribution in [0, 0.1) is 5.82 Å². The molecule has 2 aromatic rings. The Labute approximate surface area is 132 Å². The summed E-state index contributed by atoms with van der Waals surface area (Å²) in [5.74, 6) is -1.10. The maximum atomic E-state index is 13.9. The topological polar surface area (TPSA) is 81.9 Å². The minimum atomic E-state index is -0.495. The van der Waals surface area contributed by atoms with Gasteiger partial charge in [0.05, 0.1) is 5.71 Å². The van der Waals surface area contributed by atoms with E-state index in [0.29, 0.717) is 23.3 Å². The third-order valence-electron chi connectivity index (χ3n) is 3.85. The Kier molecular flexibility index (Phi) is 3.73. The smallest absolute Gasteiger partial charge is 0.271 e. The highest BCUT2D eigenvalue weighted by Crippen LogP contribution is 2.39. The molecule has 0 spiro atoms. The minimum absolute atomic E-state index is 0.0233. The van der Waals surface area contributed by atoms with Gasteiger partial charge in [-0.1, -0.05) is 13.0 Å². The number of phenols is 2. The van der Waals surface area contributed by atoms with E-state index in [2.05, 4.69) is 10.5 Å². The molecule has 1 atom stereocenters. The summed E-state index contributed by atoms with van der Waals surface area (Å²) in [6, 6.07) is 8.36. The van der Waals surface area contributed by atoms with Crippen molar-refractivity contribution >= 4 is 11.6 Å². The molecule has 23 heavy (non-hydrogen) atoms. The van der Waals surface area contributed by atoms with E-state index >= 15 is 0 Å². The van der Waals surface area contributed by atoms with Crippen LogP contribution in [-0.2, 0) is 0 Å². The Bertz CT molecular complexity index is 817. The number of rotatable bonds is 2. The molecule has 0 bridgehead atoms. The lowest BCUT2D eigenvalue weighted by Crippen LogP contribution is -2.19. The average molecular weight is 314 g/mol. The Morgan fingerprint density at radius 2 is 2.09 bits per heavy atom. The van der Waals surface area contributed by atoms with Gasteiger partial charge in [0.1, 0.15) is 17.3 Å². The summed E-state index contributed by atoms with van der Waals surface area (Å²) < 4.78 is 13.9. The number of hydrogen-bond acceptors (Lipinski definition) is 4. The van der Waals surface area contributed by atoms with Gasteiger partial charge < -0.3 is 10.2 Å². The summed E-state index contributed by atoms with van der Waals surface area (Å²) in [5, 5.41) is 23.4. The van der Waals surface area contributed by atoms with Crippen molar-refractivity contribution in [1.29, 1.82) is 0 Å².